The summed E-state index contributed by atoms with van der Waals surface area (Å²) in [6, 6.07) is 0.123. The van der Waals surface area contributed by atoms with Crippen molar-refractivity contribution in [3.63, 3.8) is 0 Å². The maximum Gasteiger partial charge on any atom is 0.407 e. The Morgan fingerprint density at radius 1 is 1.19 bits per heavy atom. The molecule has 1 aromatic heterocycles. The molecule has 10 heteroatoms. The number of anilines is 2. The summed E-state index contributed by atoms with van der Waals surface area (Å²) in [5, 5.41) is 14.9. The monoisotopic (exact) mass is 385 g/mol. The minimum absolute atomic E-state index is 0.0365. The van der Waals surface area contributed by atoms with Gasteiger partial charge in [-0.2, -0.15) is 0 Å². The zero-order valence-electron chi connectivity index (χ0n) is 15.0. The number of aromatic carboxylic acids is 1. The SMILES string of the molecule is CC(C)(C)OC(=O)N[C@H]1CC[C@H](Nc2nc(N)c(C(=O)O)nc2Cl)CC1. The molecule has 9 nitrogen and oxygen atoms in total. The Hall–Kier alpha value is -2.29. The summed E-state index contributed by atoms with van der Waals surface area (Å²) in [6.07, 6.45) is 2.67. The van der Waals surface area contributed by atoms with Gasteiger partial charge in [0, 0.05) is 12.1 Å². The van der Waals surface area contributed by atoms with Crippen molar-refractivity contribution in [1.29, 1.82) is 0 Å². The highest BCUT2D eigenvalue weighted by Gasteiger charge is 2.26. The van der Waals surface area contributed by atoms with E-state index in [1.54, 1.807) is 0 Å². The molecule has 144 valence electrons. The van der Waals surface area contributed by atoms with E-state index in [1.165, 1.54) is 0 Å². The fraction of sp³-hybridized carbons (Fsp3) is 0.625. The quantitative estimate of drug-likeness (QED) is 0.620. The molecule has 1 saturated carbocycles. The standard InChI is InChI=1S/C16H24ClN5O4/c1-16(2,3)26-15(25)20-9-6-4-8(5-7-9)19-13-11(17)21-10(14(23)24)12(18)22-13/h8-9H,4-7H2,1-3H3,(H,20,25)(H,23,24)(H3,18,19,22)/t8-,9-. The smallest absolute Gasteiger partial charge is 0.407 e. The highest BCUT2D eigenvalue weighted by atomic mass is 35.5. The number of rotatable bonds is 4. The van der Waals surface area contributed by atoms with E-state index in [2.05, 4.69) is 20.6 Å². The number of nitrogens with zero attached hydrogens (tertiary/aromatic N) is 2. The molecule has 1 aliphatic rings. The van der Waals surface area contributed by atoms with E-state index < -0.39 is 17.7 Å². The largest absolute Gasteiger partial charge is 0.476 e. The zero-order chi connectivity index (χ0) is 19.5. The second-order valence-corrected chi connectivity index (χ2v) is 7.60. The summed E-state index contributed by atoms with van der Waals surface area (Å²) in [5.41, 5.74) is 4.71. The van der Waals surface area contributed by atoms with E-state index in [0.717, 1.165) is 25.7 Å². The third kappa shape index (κ3) is 5.62. The number of hydrogen-bond donors (Lipinski definition) is 4. The van der Waals surface area contributed by atoms with Crippen molar-refractivity contribution in [2.24, 2.45) is 0 Å². The molecule has 1 amide bonds. The van der Waals surface area contributed by atoms with Gasteiger partial charge in [0.25, 0.3) is 0 Å². The summed E-state index contributed by atoms with van der Waals surface area (Å²) < 4.78 is 5.26. The number of nitrogen functional groups attached to an aromatic ring is 1. The van der Waals surface area contributed by atoms with E-state index in [-0.39, 0.29) is 34.6 Å². The Bertz CT molecular complexity index is 684. The van der Waals surface area contributed by atoms with Crippen LogP contribution in [0.1, 0.15) is 56.9 Å². The van der Waals surface area contributed by atoms with E-state index in [0.29, 0.717) is 0 Å². The van der Waals surface area contributed by atoms with Crippen LogP contribution in [0.3, 0.4) is 0 Å². The van der Waals surface area contributed by atoms with Gasteiger partial charge >= 0.3 is 12.1 Å². The molecule has 1 aromatic rings. The van der Waals surface area contributed by atoms with Crippen LogP contribution in [0.4, 0.5) is 16.4 Å². The Kier molecular flexibility index (Phi) is 6.12. The molecule has 0 aliphatic heterocycles. The number of halogens is 1. The average molecular weight is 386 g/mol. The van der Waals surface area contributed by atoms with Gasteiger partial charge < -0.3 is 26.2 Å². The third-order valence-electron chi connectivity index (χ3n) is 3.87. The molecule has 26 heavy (non-hydrogen) atoms. The first-order chi connectivity index (χ1) is 12.0. The van der Waals surface area contributed by atoms with Crippen LogP contribution in [0, 0.1) is 0 Å². The normalized spacial score (nSPS) is 20.3. The van der Waals surface area contributed by atoms with Gasteiger partial charge in [-0.3, -0.25) is 0 Å². The van der Waals surface area contributed by atoms with Crippen LogP contribution in [0.5, 0.6) is 0 Å². The van der Waals surface area contributed by atoms with E-state index >= 15 is 0 Å². The molecule has 5 N–H and O–H groups in total. The number of carbonyl (C=O) groups excluding carboxylic acids is 1. The van der Waals surface area contributed by atoms with Gasteiger partial charge in [-0.25, -0.2) is 19.6 Å². The number of alkyl carbamates (subject to hydrolysis) is 1. The summed E-state index contributed by atoms with van der Waals surface area (Å²) in [4.78, 5) is 30.6. The second-order valence-electron chi connectivity index (χ2n) is 7.24. The number of ether oxygens (including phenoxy) is 1. The number of carboxylic acid groups (broad SMARTS) is 1. The number of carbonyl (C=O) groups is 2. The van der Waals surface area contributed by atoms with Gasteiger partial charge in [-0.1, -0.05) is 11.6 Å². The van der Waals surface area contributed by atoms with Crippen LogP contribution in [0.25, 0.3) is 0 Å². The van der Waals surface area contributed by atoms with Crippen molar-refractivity contribution in [2.45, 2.75) is 64.1 Å². The Labute approximate surface area is 156 Å². The molecule has 2 rings (SSSR count). The van der Waals surface area contributed by atoms with Crippen LogP contribution in [-0.4, -0.2) is 44.8 Å². The van der Waals surface area contributed by atoms with Crippen LogP contribution >= 0.6 is 11.6 Å². The number of nitrogens with two attached hydrogens (primary N) is 1. The lowest BCUT2D eigenvalue weighted by molar-refractivity contribution is 0.0491. The molecule has 1 heterocycles. The molecule has 0 unspecified atom stereocenters. The van der Waals surface area contributed by atoms with E-state index in [4.69, 9.17) is 27.2 Å². The lowest BCUT2D eigenvalue weighted by Gasteiger charge is -2.30. The van der Waals surface area contributed by atoms with Crippen LogP contribution in [0.2, 0.25) is 5.15 Å². The topological polar surface area (TPSA) is 139 Å². The number of nitrogens with one attached hydrogen (secondary N) is 2. The molecule has 0 bridgehead atoms. The van der Waals surface area contributed by atoms with E-state index in [1.807, 2.05) is 20.8 Å². The van der Waals surface area contributed by atoms with Gasteiger partial charge in [0.15, 0.2) is 22.5 Å². The molecule has 0 spiro atoms. The summed E-state index contributed by atoms with van der Waals surface area (Å²) in [7, 11) is 0. The van der Waals surface area contributed by atoms with Crippen molar-refractivity contribution < 1.29 is 19.4 Å². The van der Waals surface area contributed by atoms with Crippen LogP contribution < -0.4 is 16.4 Å². The molecular formula is C16H24ClN5O4. The first kappa shape index (κ1) is 20.0. The van der Waals surface area contributed by atoms with Gasteiger partial charge in [-0.15, -0.1) is 0 Å². The molecule has 0 saturated heterocycles. The minimum Gasteiger partial charge on any atom is -0.476 e. The van der Waals surface area contributed by atoms with Crippen molar-refractivity contribution in [2.75, 3.05) is 11.1 Å². The predicted molar refractivity (Wildman–Crippen MR) is 97.5 cm³/mol. The number of hydrogen-bond acceptors (Lipinski definition) is 7. The lowest BCUT2D eigenvalue weighted by Crippen LogP contribution is -2.42. The van der Waals surface area contributed by atoms with Gasteiger partial charge in [0.05, 0.1) is 0 Å². The Morgan fingerprint density at radius 3 is 2.31 bits per heavy atom. The number of carboxylic acids is 1. The molecule has 1 fully saturated rings. The first-order valence-electron chi connectivity index (χ1n) is 8.37. The van der Waals surface area contributed by atoms with Crippen LogP contribution in [0.15, 0.2) is 0 Å². The molecule has 0 radical (unpaired) electrons. The predicted octanol–water partition coefficient (Wildman–Crippen LogP) is 2.66. The summed E-state index contributed by atoms with van der Waals surface area (Å²) in [6.45, 7) is 5.46. The maximum atomic E-state index is 11.8. The molecular weight excluding hydrogens is 362 g/mol. The molecule has 0 aromatic carbocycles. The van der Waals surface area contributed by atoms with Crippen molar-refractivity contribution in [1.82, 2.24) is 15.3 Å². The molecule has 0 atom stereocenters. The van der Waals surface area contributed by atoms with Crippen molar-refractivity contribution in [3.05, 3.63) is 10.8 Å². The van der Waals surface area contributed by atoms with Gasteiger partial charge in [0.1, 0.15) is 5.60 Å². The van der Waals surface area contributed by atoms with Crippen molar-refractivity contribution >= 4 is 35.3 Å². The third-order valence-corrected chi connectivity index (χ3v) is 4.14. The summed E-state index contributed by atoms with van der Waals surface area (Å²) >= 11 is 6.00. The van der Waals surface area contributed by atoms with Crippen molar-refractivity contribution in [3.8, 4) is 0 Å². The molecule has 1 aliphatic carbocycles. The maximum absolute atomic E-state index is 11.8. The van der Waals surface area contributed by atoms with Gasteiger partial charge in [0.2, 0.25) is 0 Å². The zero-order valence-corrected chi connectivity index (χ0v) is 15.8. The fourth-order valence-corrected chi connectivity index (χ4v) is 2.91. The minimum atomic E-state index is -1.28. The second kappa shape index (κ2) is 7.94. The van der Waals surface area contributed by atoms with Crippen LogP contribution in [-0.2, 0) is 4.74 Å². The number of aromatic nitrogens is 2. The summed E-state index contributed by atoms with van der Waals surface area (Å²) in [5.74, 6) is -1.21. The number of amides is 1. The lowest BCUT2D eigenvalue weighted by atomic mass is 9.91. The highest BCUT2D eigenvalue weighted by molar-refractivity contribution is 6.31. The highest BCUT2D eigenvalue weighted by Crippen LogP contribution is 2.26. The fourth-order valence-electron chi connectivity index (χ4n) is 2.73. The Balaban J connectivity index is 1.88. The first-order valence-corrected chi connectivity index (χ1v) is 8.75. The van der Waals surface area contributed by atoms with Gasteiger partial charge in [-0.05, 0) is 46.5 Å². The Morgan fingerprint density at radius 2 is 1.77 bits per heavy atom. The average Bonchev–Trinajstić information content (AvgIpc) is 2.50. The van der Waals surface area contributed by atoms with E-state index in [9.17, 15) is 9.59 Å².